The summed E-state index contributed by atoms with van der Waals surface area (Å²) in [6, 6.07) is 7.15. The molecule has 0 spiro atoms. The Morgan fingerprint density at radius 1 is 1.52 bits per heavy atom. The molecule has 8 heteroatoms. The Labute approximate surface area is 125 Å². The SMILES string of the molecule is Cc1n[nH]c(=S)n1/N=C\c1ccc(OCCC(=O)O)cc1. The number of aliphatic carboxylic acids is 1. The number of hydrogen-bond donors (Lipinski definition) is 2. The Morgan fingerprint density at radius 2 is 2.24 bits per heavy atom. The number of benzene rings is 1. The number of carbonyl (C=O) groups is 1. The number of nitrogens with one attached hydrogen (secondary N) is 1. The van der Waals surface area contributed by atoms with E-state index in [4.69, 9.17) is 22.1 Å². The van der Waals surface area contributed by atoms with E-state index in [0.717, 1.165) is 5.56 Å². The number of carboxylic acid groups (broad SMARTS) is 1. The third-order valence-electron chi connectivity index (χ3n) is 2.60. The van der Waals surface area contributed by atoms with E-state index in [9.17, 15) is 4.79 Å². The third kappa shape index (κ3) is 4.25. The summed E-state index contributed by atoms with van der Waals surface area (Å²) in [6.07, 6.45) is 1.63. The fraction of sp³-hybridized carbons (Fsp3) is 0.231. The molecule has 2 aromatic rings. The van der Waals surface area contributed by atoms with Crippen molar-refractivity contribution < 1.29 is 14.6 Å². The van der Waals surface area contributed by atoms with Crippen LogP contribution in [0.2, 0.25) is 0 Å². The van der Waals surface area contributed by atoms with Gasteiger partial charge in [-0.25, -0.2) is 0 Å². The molecule has 0 amide bonds. The monoisotopic (exact) mass is 306 g/mol. The van der Waals surface area contributed by atoms with Crippen molar-refractivity contribution in [3.05, 3.63) is 40.4 Å². The lowest BCUT2D eigenvalue weighted by Gasteiger charge is -2.04. The van der Waals surface area contributed by atoms with E-state index in [-0.39, 0.29) is 13.0 Å². The molecule has 21 heavy (non-hydrogen) atoms. The zero-order valence-electron chi connectivity index (χ0n) is 11.3. The summed E-state index contributed by atoms with van der Waals surface area (Å²) >= 11 is 5.04. The predicted molar refractivity (Wildman–Crippen MR) is 79.3 cm³/mol. The van der Waals surface area contributed by atoms with E-state index in [1.165, 1.54) is 4.68 Å². The van der Waals surface area contributed by atoms with E-state index in [1.807, 2.05) is 12.1 Å². The highest BCUT2D eigenvalue weighted by atomic mass is 32.1. The molecule has 1 aromatic heterocycles. The second-order valence-electron chi connectivity index (χ2n) is 4.19. The lowest BCUT2D eigenvalue weighted by molar-refractivity contribution is -0.137. The van der Waals surface area contributed by atoms with Gasteiger partial charge in [0, 0.05) is 0 Å². The number of carboxylic acids is 1. The van der Waals surface area contributed by atoms with E-state index in [0.29, 0.717) is 16.3 Å². The topological polar surface area (TPSA) is 92.5 Å². The average molecular weight is 306 g/mol. The van der Waals surface area contributed by atoms with Crippen molar-refractivity contribution in [2.45, 2.75) is 13.3 Å². The van der Waals surface area contributed by atoms with Gasteiger partial charge in [-0.1, -0.05) is 0 Å². The fourth-order valence-electron chi connectivity index (χ4n) is 1.54. The molecule has 0 bridgehead atoms. The maximum Gasteiger partial charge on any atom is 0.306 e. The van der Waals surface area contributed by atoms with Crippen LogP contribution in [0, 0.1) is 11.7 Å². The van der Waals surface area contributed by atoms with Crippen LogP contribution in [0.3, 0.4) is 0 Å². The van der Waals surface area contributed by atoms with Crippen LogP contribution in [-0.2, 0) is 4.79 Å². The van der Waals surface area contributed by atoms with E-state index < -0.39 is 5.97 Å². The highest BCUT2D eigenvalue weighted by molar-refractivity contribution is 7.71. The summed E-state index contributed by atoms with van der Waals surface area (Å²) in [5.74, 6) is 0.403. The normalized spacial score (nSPS) is 10.9. The molecule has 0 radical (unpaired) electrons. The van der Waals surface area contributed by atoms with Crippen LogP contribution in [-0.4, -0.2) is 38.8 Å². The molecule has 1 heterocycles. The Balaban J connectivity index is 1.99. The summed E-state index contributed by atoms with van der Waals surface area (Å²) < 4.78 is 7.25. The summed E-state index contributed by atoms with van der Waals surface area (Å²) in [5.41, 5.74) is 0.864. The van der Waals surface area contributed by atoms with Gasteiger partial charge < -0.3 is 9.84 Å². The molecule has 1 aromatic carbocycles. The van der Waals surface area contributed by atoms with Crippen molar-refractivity contribution in [1.82, 2.24) is 14.9 Å². The van der Waals surface area contributed by atoms with Gasteiger partial charge in [-0.15, -0.1) is 0 Å². The maximum absolute atomic E-state index is 10.4. The number of aryl methyl sites for hydroxylation is 1. The zero-order chi connectivity index (χ0) is 15.2. The number of ether oxygens (including phenoxy) is 1. The highest BCUT2D eigenvalue weighted by Gasteiger charge is 1.99. The minimum atomic E-state index is -0.883. The minimum Gasteiger partial charge on any atom is -0.493 e. The number of nitrogens with zero attached hydrogens (tertiary/aromatic N) is 3. The van der Waals surface area contributed by atoms with Crippen LogP contribution in [0.25, 0.3) is 0 Å². The molecule has 0 saturated heterocycles. The number of aromatic nitrogens is 3. The van der Waals surface area contributed by atoms with Crippen molar-refractivity contribution in [3.63, 3.8) is 0 Å². The van der Waals surface area contributed by atoms with Gasteiger partial charge in [-0.2, -0.15) is 14.9 Å². The van der Waals surface area contributed by atoms with Gasteiger partial charge in [0.2, 0.25) is 4.77 Å². The first-order valence-electron chi connectivity index (χ1n) is 6.19. The van der Waals surface area contributed by atoms with Crippen molar-refractivity contribution in [1.29, 1.82) is 0 Å². The maximum atomic E-state index is 10.4. The molecule has 0 fully saturated rings. The van der Waals surface area contributed by atoms with E-state index >= 15 is 0 Å². The lowest BCUT2D eigenvalue weighted by Crippen LogP contribution is -2.04. The Hall–Kier alpha value is -2.48. The number of hydrogen-bond acceptors (Lipinski definition) is 5. The number of H-pyrrole nitrogens is 1. The van der Waals surface area contributed by atoms with Crippen LogP contribution in [0.1, 0.15) is 17.8 Å². The Morgan fingerprint density at radius 3 is 2.81 bits per heavy atom. The predicted octanol–water partition coefficient (Wildman–Crippen LogP) is 1.98. The molecule has 2 N–H and O–H groups in total. The van der Waals surface area contributed by atoms with Gasteiger partial charge in [0.1, 0.15) is 11.6 Å². The van der Waals surface area contributed by atoms with Crippen LogP contribution >= 0.6 is 12.2 Å². The summed E-state index contributed by atoms with van der Waals surface area (Å²) in [7, 11) is 0. The molecular formula is C13H14N4O3S. The highest BCUT2D eigenvalue weighted by Crippen LogP contribution is 2.11. The van der Waals surface area contributed by atoms with E-state index in [1.54, 1.807) is 25.3 Å². The number of aromatic amines is 1. The number of rotatable bonds is 6. The van der Waals surface area contributed by atoms with Crippen molar-refractivity contribution in [2.24, 2.45) is 5.10 Å². The van der Waals surface area contributed by atoms with Crippen LogP contribution in [0.5, 0.6) is 5.75 Å². The van der Waals surface area contributed by atoms with Gasteiger partial charge in [0.15, 0.2) is 0 Å². The minimum absolute atomic E-state index is 0.0266. The van der Waals surface area contributed by atoms with Crippen molar-refractivity contribution in [3.8, 4) is 5.75 Å². The molecule has 0 atom stereocenters. The molecule has 0 aliphatic carbocycles. The summed E-state index contributed by atoms with van der Waals surface area (Å²) in [4.78, 5) is 10.4. The molecule has 7 nitrogen and oxygen atoms in total. The molecule has 0 aliphatic heterocycles. The zero-order valence-corrected chi connectivity index (χ0v) is 12.1. The van der Waals surface area contributed by atoms with E-state index in [2.05, 4.69) is 15.3 Å². The second-order valence-corrected chi connectivity index (χ2v) is 4.58. The van der Waals surface area contributed by atoms with Crippen molar-refractivity contribution in [2.75, 3.05) is 6.61 Å². The van der Waals surface area contributed by atoms with Crippen LogP contribution in [0.4, 0.5) is 0 Å². The summed E-state index contributed by atoms with van der Waals surface area (Å²) in [5, 5.41) is 19.4. The van der Waals surface area contributed by atoms with Gasteiger partial charge in [-0.3, -0.25) is 9.89 Å². The molecule has 110 valence electrons. The lowest BCUT2D eigenvalue weighted by atomic mass is 10.2. The molecule has 0 aliphatic rings. The van der Waals surface area contributed by atoms with Gasteiger partial charge in [-0.05, 0) is 49.0 Å². The van der Waals surface area contributed by atoms with Gasteiger partial charge in [0.05, 0.1) is 19.2 Å². The van der Waals surface area contributed by atoms with Crippen molar-refractivity contribution >= 4 is 24.4 Å². The van der Waals surface area contributed by atoms with Gasteiger partial charge in [0.25, 0.3) is 0 Å². The standard InChI is InChI=1S/C13H14N4O3S/c1-9-15-16-13(21)17(9)14-8-10-2-4-11(5-3-10)20-7-6-12(18)19/h2-5,8H,6-7H2,1H3,(H,16,21)(H,18,19)/b14-8-. The average Bonchev–Trinajstić information content (AvgIpc) is 2.77. The largest absolute Gasteiger partial charge is 0.493 e. The van der Waals surface area contributed by atoms with Crippen LogP contribution < -0.4 is 4.74 Å². The molecular weight excluding hydrogens is 292 g/mol. The second kappa shape index (κ2) is 6.80. The first kappa shape index (κ1) is 14.9. The summed E-state index contributed by atoms with van der Waals surface area (Å²) in [6.45, 7) is 1.94. The quantitative estimate of drug-likeness (QED) is 0.629. The van der Waals surface area contributed by atoms with Crippen LogP contribution in [0.15, 0.2) is 29.4 Å². The Kier molecular flexibility index (Phi) is 4.83. The fourth-order valence-corrected chi connectivity index (χ4v) is 1.76. The van der Waals surface area contributed by atoms with Gasteiger partial charge >= 0.3 is 5.97 Å². The molecule has 0 unspecified atom stereocenters. The Bertz CT molecular complexity index is 703. The molecule has 0 saturated carbocycles. The third-order valence-corrected chi connectivity index (χ3v) is 2.86. The molecule has 2 rings (SSSR count). The smallest absolute Gasteiger partial charge is 0.306 e. The first-order valence-corrected chi connectivity index (χ1v) is 6.60. The first-order chi connectivity index (χ1) is 10.1.